The van der Waals surface area contributed by atoms with E-state index < -0.39 is 6.36 Å². The minimum absolute atomic E-state index is 0. The number of nitrogens with one attached hydrogen (secondary N) is 3. The molecule has 1 fully saturated rings. The second-order valence-corrected chi connectivity index (χ2v) is 7.21. The zero-order valence-corrected chi connectivity index (χ0v) is 20.0. The van der Waals surface area contributed by atoms with Gasteiger partial charge in [-0.05, 0) is 42.2 Å². The Morgan fingerprint density at radius 1 is 1.19 bits per heavy atom. The van der Waals surface area contributed by atoms with Gasteiger partial charge in [0, 0.05) is 38.2 Å². The fourth-order valence-corrected chi connectivity index (χ4v) is 3.41. The van der Waals surface area contributed by atoms with Crippen LogP contribution in [0.1, 0.15) is 33.8 Å². The summed E-state index contributed by atoms with van der Waals surface area (Å²) in [6.07, 6.45) is -3.35. The highest BCUT2D eigenvalue weighted by atomic mass is 127. The maximum Gasteiger partial charge on any atom is 0.573 e. The summed E-state index contributed by atoms with van der Waals surface area (Å²) in [6.45, 7) is 0.585. The molecule has 1 amide bonds. The highest BCUT2D eigenvalue weighted by Gasteiger charge is 2.42. The Bertz CT molecular complexity index is 953. The van der Waals surface area contributed by atoms with E-state index in [4.69, 9.17) is 0 Å². The number of nitrogens with zero attached hydrogens (tertiary/aromatic N) is 1. The van der Waals surface area contributed by atoms with Crippen molar-refractivity contribution in [3.05, 3.63) is 65.2 Å². The lowest BCUT2D eigenvalue weighted by Crippen LogP contribution is -2.40. The zero-order chi connectivity index (χ0) is 22.4. The first-order valence-electron chi connectivity index (χ1n) is 9.93. The summed E-state index contributed by atoms with van der Waals surface area (Å²) in [4.78, 5) is 15.9. The standard InChI is InChI=1S/C22H25F3N4O2.HI/c1-26-20(30)15-7-5-6-14(12-15)10-11-28-21(27-2)29-18-13-17(18)16-8-3-4-9-19(16)31-22(23,24)25;/h3-9,12,17-18H,10-11,13H2,1-2H3,(H,26,30)(H2,27,28,29);1H. The van der Waals surface area contributed by atoms with Gasteiger partial charge in [-0.1, -0.05) is 30.3 Å². The summed E-state index contributed by atoms with van der Waals surface area (Å²) >= 11 is 0. The lowest BCUT2D eigenvalue weighted by atomic mass is 10.1. The van der Waals surface area contributed by atoms with Gasteiger partial charge in [0.05, 0.1) is 0 Å². The van der Waals surface area contributed by atoms with Crippen LogP contribution in [0.15, 0.2) is 53.5 Å². The van der Waals surface area contributed by atoms with Crippen LogP contribution in [0.4, 0.5) is 13.2 Å². The lowest BCUT2D eigenvalue weighted by Gasteiger charge is -2.14. The van der Waals surface area contributed by atoms with Crippen LogP contribution in [0.2, 0.25) is 0 Å². The summed E-state index contributed by atoms with van der Waals surface area (Å²) in [5.74, 6) is 0.190. The number of halogens is 4. The van der Waals surface area contributed by atoms with Crippen LogP contribution < -0.4 is 20.7 Å². The molecule has 3 rings (SSSR count). The number of hydrogen-bond donors (Lipinski definition) is 3. The molecule has 0 aromatic heterocycles. The Morgan fingerprint density at radius 2 is 1.94 bits per heavy atom. The third kappa shape index (κ3) is 7.28. The maximum absolute atomic E-state index is 12.6. The number of rotatable bonds is 7. The van der Waals surface area contributed by atoms with Crippen molar-refractivity contribution in [1.82, 2.24) is 16.0 Å². The second kappa shape index (κ2) is 11.4. The van der Waals surface area contributed by atoms with Crippen LogP contribution in [0.25, 0.3) is 0 Å². The summed E-state index contributed by atoms with van der Waals surface area (Å²) < 4.78 is 42.1. The van der Waals surface area contributed by atoms with Gasteiger partial charge in [-0.25, -0.2) is 0 Å². The summed E-state index contributed by atoms with van der Waals surface area (Å²) in [7, 11) is 3.23. The number of benzene rings is 2. The molecule has 32 heavy (non-hydrogen) atoms. The minimum Gasteiger partial charge on any atom is -0.405 e. The first kappa shape index (κ1) is 25.8. The van der Waals surface area contributed by atoms with E-state index in [1.54, 1.807) is 32.3 Å². The molecule has 2 aromatic rings. The Balaban J connectivity index is 0.00000363. The number of para-hydroxylation sites is 1. The molecule has 0 radical (unpaired) electrons. The van der Waals surface area contributed by atoms with Crippen LogP contribution in [-0.4, -0.2) is 44.9 Å². The van der Waals surface area contributed by atoms with Gasteiger partial charge in [0.25, 0.3) is 5.91 Å². The first-order valence-corrected chi connectivity index (χ1v) is 9.93. The Morgan fingerprint density at radius 3 is 2.62 bits per heavy atom. The molecular weight excluding hydrogens is 536 g/mol. The molecular formula is C22H26F3IN4O2. The van der Waals surface area contributed by atoms with Crippen LogP contribution in [-0.2, 0) is 6.42 Å². The summed E-state index contributed by atoms with van der Waals surface area (Å²) in [5, 5.41) is 9.05. The highest BCUT2D eigenvalue weighted by molar-refractivity contribution is 14.0. The van der Waals surface area contributed by atoms with E-state index in [9.17, 15) is 18.0 Å². The summed E-state index contributed by atoms with van der Waals surface area (Å²) in [6, 6.07) is 13.6. The van der Waals surface area contributed by atoms with Gasteiger partial charge in [0.2, 0.25) is 0 Å². The van der Waals surface area contributed by atoms with E-state index in [0.717, 1.165) is 5.56 Å². The van der Waals surface area contributed by atoms with Crippen molar-refractivity contribution < 1.29 is 22.7 Å². The minimum atomic E-state index is -4.72. The molecule has 2 aromatic carbocycles. The smallest absolute Gasteiger partial charge is 0.405 e. The monoisotopic (exact) mass is 562 g/mol. The average molecular weight is 562 g/mol. The molecule has 2 atom stereocenters. The van der Waals surface area contributed by atoms with Crippen molar-refractivity contribution in [1.29, 1.82) is 0 Å². The normalized spacial score (nSPS) is 17.7. The van der Waals surface area contributed by atoms with Crippen LogP contribution in [0.3, 0.4) is 0 Å². The molecule has 6 nitrogen and oxygen atoms in total. The predicted molar refractivity (Wildman–Crippen MR) is 128 cm³/mol. The number of ether oxygens (including phenoxy) is 1. The molecule has 0 saturated heterocycles. The number of carbonyl (C=O) groups is 1. The van der Waals surface area contributed by atoms with Crippen molar-refractivity contribution in [3.8, 4) is 5.75 Å². The third-order valence-electron chi connectivity index (χ3n) is 5.00. The van der Waals surface area contributed by atoms with E-state index in [0.29, 0.717) is 36.5 Å². The van der Waals surface area contributed by atoms with Crippen molar-refractivity contribution in [2.45, 2.75) is 31.2 Å². The van der Waals surface area contributed by atoms with Crippen LogP contribution >= 0.6 is 24.0 Å². The molecule has 3 N–H and O–H groups in total. The van der Waals surface area contributed by atoms with Gasteiger partial charge in [-0.2, -0.15) is 0 Å². The van der Waals surface area contributed by atoms with E-state index in [1.165, 1.54) is 12.1 Å². The zero-order valence-electron chi connectivity index (χ0n) is 17.7. The quantitative estimate of drug-likeness (QED) is 0.273. The van der Waals surface area contributed by atoms with Crippen molar-refractivity contribution >= 4 is 35.8 Å². The van der Waals surface area contributed by atoms with Crippen molar-refractivity contribution in [2.75, 3.05) is 20.6 Å². The number of amides is 1. The Kier molecular flexibility index (Phi) is 9.17. The maximum atomic E-state index is 12.6. The Labute approximate surface area is 202 Å². The number of aliphatic imine (C=N–C) groups is 1. The second-order valence-electron chi connectivity index (χ2n) is 7.21. The molecule has 0 bridgehead atoms. The highest BCUT2D eigenvalue weighted by Crippen LogP contribution is 2.45. The molecule has 1 saturated carbocycles. The predicted octanol–water partition coefficient (Wildman–Crippen LogP) is 3.83. The number of carbonyl (C=O) groups excluding carboxylic acids is 1. The topological polar surface area (TPSA) is 74.8 Å². The van der Waals surface area contributed by atoms with Gasteiger partial charge in [0.15, 0.2) is 5.96 Å². The van der Waals surface area contributed by atoms with E-state index in [-0.39, 0.29) is 47.6 Å². The van der Waals surface area contributed by atoms with Crippen LogP contribution in [0, 0.1) is 0 Å². The number of guanidine groups is 1. The third-order valence-corrected chi connectivity index (χ3v) is 5.00. The largest absolute Gasteiger partial charge is 0.573 e. The molecule has 10 heteroatoms. The fourth-order valence-electron chi connectivity index (χ4n) is 3.41. The molecule has 0 aliphatic heterocycles. The molecule has 1 aliphatic carbocycles. The average Bonchev–Trinajstić information content (AvgIpc) is 3.50. The molecule has 174 valence electrons. The summed E-state index contributed by atoms with van der Waals surface area (Å²) in [5.41, 5.74) is 2.13. The number of hydrogen-bond acceptors (Lipinski definition) is 3. The lowest BCUT2D eigenvalue weighted by molar-refractivity contribution is -0.274. The molecule has 0 heterocycles. The van der Waals surface area contributed by atoms with Crippen molar-refractivity contribution in [2.24, 2.45) is 4.99 Å². The SMILES string of the molecule is CN=C(NCCc1cccc(C(=O)NC)c1)NC1CC1c1ccccc1OC(F)(F)F.I. The van der Waals surface area contributed by atoms with E-state index in [2.05, 4.69) is 25.7 Å². The number of alkyl halides is 3. The fraction of sp³-hybridized carbons (Fsp3) is 0.364. The van der Waals surface area contributed by atoms with Crippen molar-refractivity contribution in [3.63, 3.8) is 0 Å². The van der Waals surface area contributed by atoms with Gasteiger partial charge in [-0.15, -0.1) is 37.1 Å². The molecule has 0 spiro atoms. The van der Waals surface area contributed by atoms with Gasteiger partial charge in [-0.3, -0.25) is 9.79 Å². The van der Waals surface area contributed by atoms with Gasteiger partial charge in [0.1, 0.15) is 5.75 Å². The molecule has 2 unspecified atom stereocenters. The van der Waals surface area contributed by atoms with E-state index >= 15 is 0 Å². The van der Waals surface area contributed by atoms with E-state index in [1.807, 2.05) is 18.2 Å². The Hall–Kier alpha value is -2.50. The van der Waals surface area contributed by atoms with Gasteiger partial charge >= 0.3 is 6.36 Å². The van der Waals surface area contributed by atoms with Crippen LogP contribution in [0.5, 0.6) is 5.75 Å². The van der Waals surface area contributed by atoms with Gasteiger partial charge < -0.3 is 20.7 Å². The first-order chi connectivity index (χ1) is 14.8. The molecule has 1 aliphatic rings.